The van der Waals surface area contributed by atoms with Crippen LogP contribution in [0.25, 0.3) is 0 Å². The van der Waals surface area contributed by atoms with E-state index in [1.54, 1.807) is 6.07 Å². The van der Waals surface area contributed by atoms with E-state index in [1.807, 2.05) is 20.8 Å². The van der Waals surface area contributed by atoms with E-state index >= 15 is 0 Å². The predicted octanol–water partition coefficient (Wildman–Crippen LogP) is 4.62. The molecule has 0 spiro atoms. The van der Waals surface area contributed by atoms with Crippen molar-refractivity contribution in [2.45, 2.75) is 63.8 Å². The Morgan fingerprint density at radius 1 is 1.44 bits per heavy atom. The molecule has 1 saturated carbocycles. The Kier molecular flexibility index (Phi) is 5.52. The molecule has 1 aliphatic carbocycles. The Labute approximate surface area is 162 Å². The van der Waals surface area contributed by atoms with E-state index in [9.17, 15) is 13.6 Å². The van der Waals surface area contributed by atoms with Crippen molar-refractivity contribution < 1.29 is 18.3 Å². The van der Waals surface area contributed by atoms with Gasteiger partial charge in [-0.2, -0.15) is 0 Å². The number of nitrogen functional groups attached to an aromatic ring is 1. The number of alkyl halides is 1. The Morgan fingerprint density at radius 3 is 2.89 bits per heavy atom. The maximum absolute atomic E-state index is 14.7. The number of rotatable bonds is 3. The SMILES string of the molecule is CC(C)(C)OC(=O)CC1=N[C@@]2(c3cc(N)ccc3F)CC[C@H](F)C[C@H]2CS1. The summed E-state index contributed by atoms with van der Waals surface area (Å²) in [7, 11) is 0. The monoisotopic (exact) mass is 396 g/mol. The topological polar surface area (TPSA) is 64.7 Å². The molecule has 2 N–H and O–H groups in total. The number of anilines is 1. The van der Waals surface area contributed by atoms with Crippen LogP contribution >= 0.6 is 11.8 Å². The summed E-state index contributed by atoms with van der Waals surface area (Å²) in [6, 6.07) is 4.45. The molecule has 7 heteroatoms. The highest BCUT2D eigenvalue weighted by atomic mass is 32.2. The van der Waals surface area contributed by atoms with Gasteiger partial charge in [-0.1, -0.05) is 0 Å². The van der Waals surface area contributed by atoms with Crippen molar-refractivity contribution in [2.24, 2.45) is 10.9 Å². The highest BCUT2D eigenvalue weighted by Gasteiger charge is 2.49. The molecule has 3 rings (SSSR count). The van der Waals surface area contributed by atoms with Crippen molar-refractivity contribution in [1.29, 1.82) is 0 Å². The molecular formula is C20H26F2N2O2S. The third-order valence-corrected chi connectivity index (χ3v) is 6.14. The minimum Gasteiger partial charge on any atom is -0.460 e. The van der Waals surface area contributed by atoms with Crippen LogP contribution in [0.5, 0.6) is 0 Å². The fourth-order valence-electron chi connectivity index (χ4n) is 3.89. The molecule has 0 radical (unpaired) electrons. The molecule has 0 unspecified atom stereocenters. The van der Waals surface area contributed by atoms with Gasteiger partial charge in [0.1, 0.15) is 17.6 Å². The number of nitrogens with zero attached hydrogens (tertiary/aromatic N) is 1. The van der Waals surface area contributed by atoms with Gasteiger partial charge in [-0.05, 0) is 58.2 Å². The average molecular weight is 397 g/mol. The second-order valence-electron chi connectivity index (χ2n) is 8.31. The first kappa shape index (κ1) is 20.1. The minimum absolute atomic E-state index is 0.0411. The van der Waals surface area contributed by atoms with Gasteiger partial charge in [0.05, 0.1) is 17.0 Å². The first-order valence-corrected chi connectivity index (χ1v) is 10.2. The minimum atomic E-state index is -0.907. The van der Waals surface area contributed by atoms with E-state index in [1.165, 1.54) is 23.9 Å². The van der Waals surface area contributed by atoms with Crippen molar-refractivity contribution in [3.05, 3.63) is 29.6 Å². The maximum atomic E-state index is 14.7. The van der Waals surface area contributed by atoms with Gasteiger partial charge in [-0.25, -0.2) is 8.78 Å². The molecule has 4 nitrogen and oxygen atoms in total. The van der Waals surface area contributed by atoms with E-state index in [-0.39, 0.29) is 18.3 Å². The molecule has 1 aromatic carbocycles. The Morgan fingerprint density at radius 2 is 2.19 bits per heavy atom. The summed E-state index contributed by atoms with van der Waals surface area (Å²) in [6.07, 6.45) is 0.190. The lowest BCUT2D eigenvalue weighted by Crippen LogP contribution is -2.45. The van der Waals surface area contributed by atoms with Gasteiger partial charge in [-0.3, -0.25) is 9.79 Å². The van der Waals surface area contributed by atoms with Crippen molar-refractivity contribution in [1.82, 2.24) is 0 Å². The zero-order valence-electron chi connectivity index (χ0n) is 15.9. The van der Waals surface area contributed by atoms with Crippen LogP contribution in [0, 0.1) is 11.7 Å². The van der Waals surface area contributed by atoms with Gasteiger partial charge in [0, 0.05) is 22.9 Å². The van der Waals surface area contributed by atoms with Crippen LogP contribution in [0.2, 0.25) is 0 Å². The summed E-state index contributed by atoms with van der Waals surface area (Å²) in [5, 5.41) is 0.611. The summed E-state index contributed by atoms with van der Waals surface area (Å²) < 4.78 is 34.2. The zero-order valence-corrected chi connectivity index (χ0v) is 16.7. The van der Waals surface area contributed by atoms with E-state index in [0.29, 0.717) is 41.3 Å². The number of thioether (sulfide) groups is 1. The molecule has 148 valence electrons. The van der Waals surface area contributed by atoms with Crippen LogP contribution in [0.15, 0.2) is 23.2 Å². The Balaban J connectivity index is 1.97. The van der Waals surface area contributed by atoms with Crippen LogP contribution < -0.4 is 5.73 Å². The van der Waals surface area contributed by atoms with E-state index in [4.69, 9.17) is 15.5 Å². The number of esters is 1. The van der Waals surface area contributed by atoms with Gasteiger partial charge in [0.15, 0.2) is 0 Å². The number of halogens is 2. The van der Waals surface area contributed by atoms with Crippen LogP contribution in [-0.2, 0) is 15.1 Å². The zero-order chi connectivity index (χ0) is 19.8. The fourth-order valence-corrected chi connectivity index (χ4v) is 5.14. The Hall–Kier alpha value is -1.63. The molecule has 0 saturated heterocycles. The molecule has 0 amide bonds. The van der Waals surface area contributed by atoms with Gasteiger partial charge in [0.25, 0.3) is 0 Å². The van der Waals surface area contributed by atoms with Crippen LogP contribution in [0.4, 0.5) is 14.5 Å². The summed E-state index contributed by atoms with van der Waals surface area (Å²) in [5.74, 6) is -0.297. The van der Waals surface area contributed by atoms with Crippen molar-refractivity contribution in [2.75, 3.05) is 11.5 Å². The number of aliphatic imine (C=N–C) groups is 1. The highest BCUT2D eigenvalue weighted by molar-refractivity contribution is 8.14. The smallest absolute Gasteiger partial charge is 0.312 e. The third-order valence-electron chi connectivity index (χ3n) is 5.00. The Bertz CT molecular complexity index is 763. The number of nitrogens with two attached hydrogens (primary N) is 1. The molecule has 1 aromatic rings. The van der Waals surface area contributed by atoms with Gasteiger partial charge < -0.3 is 10.5 Å². The largest absolute Gasteiger partial charge is 0.460 e. The number of hydrogen-bond acceptors (Lipinski definition) is 5. The standard InChI is InChI=1S/C20H26F2N2O2S/c1-19(2,3)26-18(25)10-17-24-20(15-9-14(23)4-5-16(15)22)7-6-13(21)8-12(20)11-27-17/h4-5,9,12-13H,6-8,10-11,23H2,1-3H3/t12-,13-,20-/m0/s1. The quantitative estimate of drug-likeness (QED) is 0.598. The molecule has 1 aliphatic heterocycles. The molecule has 1 fully saturated rings. The van der Waals surface area contributed by atoms with E-state index in [0.717, 1.165) is 0 Å². The van der Waals surface area contributed by atoms with Crippen molar-refractivity contribution in [3.63, 3.8) is 0 Å². The maximum Gasteiger partial charge on any atom is 0.312 e. The third kappa shape index (κ3) is 4.45. The first-order chi connectivity index (χ1) is 12.6. The lowest BCUT2D eigenvalue weighted by Gasteiger charge is -2.45. The van der Waals surface area contributed by atoms with Crippen LogP contribution in [0.1, 0.15) is 52.0 Å². The summed E-state index contributed by atoms with van der Waals surface area (Å²) in [4.78, 5) is 17.1. The number of benzene rings is 1. The number of fused-ring (bicyclic) bond motifs is 1. The summed E-state index contributed by atoms with van der Waals surface area (Å²) >= 11 is 1.44. The second kappa shape index (κ2) is 7.41. The molecule has 2 aliphatic rings. The summed E-state index contributed by atoms with van der Waals surface area (Å²) in [6.45, 7) is 5.43. The average Bonchev–Trinajstić information content (AvgIpc) is 2.55. The van der Waals surface area contributed by atoms with Gasteiger partial charge in [0.2, 0.25) is 0 Å². The number of carbonyl (C=O) groups is 1. The van der Waals surface area contributed by atoms with Gasteiger partial charge in [-0.15, -0.1) is 11.8 Å². The molecule has 1 heterocycles. The number of carbonyl (C=O) groups excluding carboxylic acids is 1. The second-order valence-corrected chi connectivity index (χ2v) is 9.41. The van der Waals surface area contributed by atoms with Crippen molar-refractivity contribution >= 4 is 28.5 Å². The number of hydrogen-bond donors (Lipinski definition) is 1. The normalized spacial score (nSPS) is 28.3. The summed E-state index contributed by atoms with van der Waals surface area (Å²) in [5.41, 5.74) is 5.30. The lowest BCUT2D eigenvalue weighted by molar-refractivity contribution is -0.153. The molecule has 27 heavy (non-hydrogen) atoms. The molecule has 3 atom stereocenters. The first-order valence-electron chi connectivity index (χ1n) is 9.22. The molecular weight excluding hydrogens is 370 g/mol. The highest BCUT2D eigenvalue weighted by Crippen LogP contribution is 2.51. The van der Waals surface area contributed by atoms with E-state index < -0.39 is 23.1 Å². The van der Waals surface area contributed by atoms with Crippen molar-refractivity contribution in [3.8, 4) is 0 Å². The fraction of sp³-hybridized carbons (Fsp3) is 0.600. The van der Waals surface area contributed by atoms with Gasteiger partial charge >= 0.3 is 5.97 Å². The van der Waals surface area contributed by atoms with Crippen LogP contribution in [-0.4, -0.2) is 28.5 Å². The number of ether oxygens (including phenoxy) is 1. The predicted molar refractivity (Wildman–Crippen MR) is 105 cm³/mol. The van der Waals surface area contributed by atoms with E-state index in [2.05, 4.69) is 0 Å². The lowest BCUT2D eigenvalue weighted by atomic mass is 9.69. The van der Waals surface area contributed by atoms with Crippen LogP contribution in [0.3, 0.4) is 0 Å². The molecule has 0 bridgehead atoms. The molecule has 0 aromatic heterocycles.